The van der Waals surface area contributed by atoms with Gasteiger partial charge in [-0.2, -0.15) is 5.26 Å². The average molecular weight is 212 g/mol. The van der Waals surface area contributed by atoms with Crippen LogP contribution in [0.25, 0.3) is 0 Å². The van der Waals surface area contributed by atoms with Crippen molar-refractivity contribution in [3.63, 3.8) is 0 Å². The SMILES string of the molecule is N#Cc1ccccc1CNCc1ccoc1. The van der Waals surface area contributed by atoms with Crippen molar-refractivity contribution in [3.8, 4) is 6.07 Å². The Labute approximate surface area is 94.3 Å². The van der Waals surface area contributed by atoms with Crippen LogP contribution in [0.4, 0.5) is 0 Å². The lowest BCUT2D eigenvalue weighted by molar-refractivity contribution is 0.560. The zero-order valence-electron chi connectivity index (χ0n) is 8.81. The van der Waals surface area contributed by atoms with Crippen molar-refractivity contribution in [1.82, 2.24) is 5.32 Å². The summed E-state index contributed by atoms with van der Waals surface area (Å²) in [5.41, 5.74) is 2.85. The number of nitrogens with one attached hydrogen (secondary N) is 1. The minimum absolute atomic E-state index is 0.689. The van der Waals surface area contributed by atoms with Crippen LogP contribution in [0.2, 0.25) is 0 Å². The van der Waals surface area contributed by atoms with Crippen LogP contribution in [-0.2, 0) is 13.1 Å². The highest BCUT2D eigenvalue weighted by atomic mass is 16.3. The molecule has 1 N–H and O–H groups in total. The topological polar surface area (TPSA) is 49.0 Å². The fourth-order valence-electron chi connectivity index (χ4n) is 1.52. The van der Waals surface area contributed by atoms with Gasteiger partial charge in [0.25, 0.3) is 0 Å². The summed E-state index contributed by atoms with van der Waals surface area (Å²) >= 11 is 0. The summed E-state index contributed by atoms with van der Waals surface area (Å²) in [6.07, 6.45) is 3.36. The zero-order chi connectivity index (χ0) is 11.2. The van der Waals surface area contributed by atoms with Crippen LogP contribution in [0.5, 0.6) is 0 Å². The highest BCUT2D eigenvalue weighted by Crippen LogP contribution is 2.07. The molecule has 0 radical (unpaired) electrons. The molecular formula is C13H12N2O. The molecule has 1 aromatic heterocycles. The molecule has 2 rings (SSSR count). The molecule has 0 saturated heterocycles. The van der Waals surface area contributed by atoms with Crippen molar-refractivity contribution < 1.29 is 4.42 Å². The van der Waals surface area contributed by atoms with E-state index in [9.17, 15) is 0 Å². The molecule has 0 unspecified atom stereocenters. The number of nitriles is 1. The Morgan fingerprint density at radius 3 is 2.81 bits per heavy atom. The van der Waals surface area contributed by atoms with Gasteiger partial charge in [0.2, 0.25) is 0 Å². The van der Waals surface area contributed by atoms with Gasteiger partial charge in [0, 0.05) is 18.7 Å². The molecule has 0 atom stereocenters. The first kappa shape index (κ1) is 10.5. The molecule has 0 fully saturated rings. The normalized spacial score (nSPS) is 9.94. The lowest BCUT2D eigenvalue weighted by Crippen LogP contribution is -2.12. The highest BCUT2D eigenvalue weighted by Gasteiger charge is 2.00. The second-order valence-electron chi connectivity index (χ2n) is 3.50. The zero-order valence-corrected chi connectivity index (χ0v) is 8.81. The van der Waals surface area contributed by atoms with Gasteiger partial charge in [-0.25, -0.2) is 0 Å². The largest absolute Gasteiger partial charge is 0.472 e. The number of nitrogens with zero attached hydrogens (tertiary/aromatic N) is 1. The van der Waals surface area contributed by atoms with Crippen LogP contribution >= 0.6 is 0 Å². The first-order chi connectivity index (χ1) is 7.90. The van der Waals surface area contributed by atoms with E-state index in [1.165, 1.54) is 0 Å². The Kier molecular flexibility index (Phi) is 3.37. The third-order valence-corrected chi connectivity index (χ3v) is 2.36. The van der Waals surface area contributed by atoms with Crippen LogP contribution in [-0.4, -0.2) is 0 Å². The van der Waals surface area contributed by atoms with Crippen LogP contribution in [0.1, 0.15) is 16.7 Å². The van der Waals surface area contributed by atoms with Gasteiger partial charge in [0.15, 0.2) is 0 Å². The minimum atomic E-state index is 0.689. The van der Waals surface area contributed by atoms with Gasteiger partial charge >= 0.3 is 0 Å². The standard InChI is InChI=1S/C13H12N2O/c14-7-12-3-1-2-4-13(12)9-15-8-11-5-6-16-10-11/h1-6,10,15H,8-9H2. The Morgan fingerprint density at radius 2 is 2.06 bits per heavy atom. The molecule has 0 aliphatic heterocycles. The first-order valence-electron chi connectivity index (χ1n) is 5.10. The van der Waals surface area contributed by atoms with E-state index >= 15 is 0 Å². The van der Waals surface area contributed by atoms with E-state index in [0.29, 0.717) is 6.54 Å². The van der Waals surface area contributed by atoms with Crippen LogP contribution < -0.4 is 5.32 Å². The van der Waals surface area contributed by atoms with E-state index < -0.39 is 0 Å². The van der Waals surface area contributed by atoms with E-state index in [1.54, 1.807) is 12.5 Å². The van der Waals surface area contributed by atoms with Gasteiger partial charge in [-0.3, -0.25) is 0 Å². The number of hydrogen-bond acceptors (Lipinski definition) is 3. The Bertz CT molecular complexity index is 483. The van der Waals surface area contributed by atoms with E-state index in [1.807, 2.05) is 30.3 Å². The number of furan rings is 1. The number of hydrogen-bond donors (Lipinski definition) is 1. The molecular weight excluding hydrogens is 200 g/mol. The Balaban J connectivity index is 1.93. The molecule has 3 nitrogen and oxygen atoms in total. The molecule has 16 heavy (non-hydrogen) atoms. The fraction of sp³-hybridized carbons (Fsp3) is 0.154. The molecule has 0 amide bonds. The van der Waals surface area contributed by atoms with Crippen LogP contribution in [0, 0.1) is 11.3 Å². The van der Waals surface area contributed by atoms with Gasteiger partial charge in [-0.1, -0.05) is 18.2 Å². The maximum atomic E-state index is 8.91. The predicted molar refractivity (Wildman–Crippen MR) is 60.4 cm³/mol. The predicted octanol–water partition coefficient (Wildman–Crippen LogP) is 2.44. The van der Waals surface area contributed by atoms with Crippen LogP contribution in [0.3, 0.4) is 0 Å². The van der Waals surface area contributed by atoms with Gasteiger partial charge in [0.05, 0.1) is 24.2 Å². The molecule has 1 aromatic carbocycles. The second-order valence-corrected chi connectivity index (χ2v) is 3.50. The summed E-state index contributed by atoms with van der Waals surface area (Å²) in [4.78, 5) is 0. The summed E-state index contributed by atoms with van der Waals surface area (Å²) in [5.74, 6) is 0. The van der Waals surface area contributed by atoms with Gasteiger partial charge in [0.1, 0.15) is 0 Å². The molecule has 3 heteroatoms. The molecule has 1 heterocycles. The molecule has 0 aliphatic rings. The smallest absolute Gasteiger partial charge is 0.0995 e. The first-order valence-corrected chi connectivity index (χ1v) is 5.10. The lowest BCUT2D eigenvalue weighted by atomic mass is 10.1. The monoisotopic (exact) mass is 212 g/mol. The molecule has 2 aromatic rings. The maximum Gasteiger partial charge on any atom is 0.0995 e. The average Bonchev–Trinajstić information content (AvgIpc) is 2.83. The molecule has 0 aliphatic carbocycles. The minimum Gasteiger partial charge on any atom is -0.472 e. The summed E-state index contributed by atoms with van der Waals surface area (Å²) in [6, 6.07) is 11.7. The maximum absolute atomic E-state index is 8.91. The highest BCUT2D eigenvalue weighted by molar-refractivity contribution is 5.37. The molecule has 0 spiro atoms. The third-order valence-electron chi connectivity index (χ3n) is 2.36. The summed E-state index contributed by atoms with van der Waals surface area (Å²) in [7, 11) is 0. The van der Waals surface area contributed by atoms with Crippen molar-refractivity contribution in [3.05, 3.63) is 59.5 Å². The summed E-state index contributed by atoms with van der Waals surface area (Å²) < 4.78 is 4.97. The van der Waals surface area contributed by atoms with E-state index in [4.69, 9.17) is 9.68 Å². The van der Waals surface area contributed by atoms with Crippen molar-refractivity contribution >= 4 is 0 Å². The van der Waals surface area contributed by atoms with Crippen molar-refractivity contribution in [2.75, 3.05) is 0 Å². The Hall–Kier alpha value is -2.05. The molecule has 0 saturated carbocycles. The van der Waals surface area contributed by atoms with E-state index in [-0.39, 0.29) is 0 Å². The van der Waals surface area contributed by atoms with Crippen LogP contribution in [0.15, 0.2) is 47.3 Å². The second kappa shape index (κ2) is 5.15. The third kappa shape index (κ3) is 2.50. The van der Waals surface area contributed by atoms with Crippen molar-refractivity contribution in [2.45, 2.75) is 13.1 Å². The number of benzene rings is 1. The van der Waals surface area contributed by atoms with Crippen molar-refractivity contribution in [2.24, 2.45) is 0 Å². The van der Waals surface area contributed by atoms with Crippen molar-refractivity contribution in [1.29, 1.82) is 5.26 Å². The van der Waals surface area contributed by atoms with E-state index in [0.717, 1.165) is 23.2 Å². The summed E-state index contributed by atoms with van der Waals surface area (Å²) in [5, 5.41) is 12.2. The van der Waals surface area contributed by atoms with Gasteiger partial charge < -0.3 is 9.73 Å². The quantitative estimate of drug-likeness (QED) is 0.846. The fourth-order valence-corrected chi connectivity index (χ4v) is 1.52. The van der Waals surface area contributed by atoms with Gasteiger partial charge in [-0.05, 0) is 17.7 Å². The Morgan fingerprint density at radius 1 is 1.19 bits per heavy atom. The number of rotatable bonds is 4. The molecule has 80 valence electrons. The van der Waals surface area contributed by atoms with E-state index in [2.05, 4.69) is 11.4 Å². The summed E-state index contributed by atoms with van der Waals surface area (Å²) in [6.45, 7) is 1.44. The van der Waals surface area contributed by atoms with Gasteiger partial charge in [-0.15, -0.1) is 0 Å². The molecule has 0 bridgehead atoms. The lowest BCUT2D eigenvalue weighted by Gasteiger charge is -2.04.